The highest BCUT2D eigenvalue weighted by Crippen LogP contribution is 2.47. The molecule has 0 bridgehead atoms. The number of amidine groups is 1. The number of hydrogen-bond donors (Lipinski definition) is 0. The molecule has 2 aromatic rings. The molecule has 2 aromatic carbocycles. The van der Waals surface area contributed by atoms with Crippen molar-refractivity contribution in [3.05, 3.63) is 69.7 Å². The molecule has 0 unspecified atom stereocenters. The molecule has 0 spiro atoms. The van der Waals surface area contributed by atoms with Crippen LogP contribution in [0.5, 0.6) is 0 Å². The minimum atomic E-state index is 0.577. The third-order valence-electron chi connectivity index (χ3n) is 3.71. The van der Waals surface area contributed by atoms with Crippen LogP contribution < -0.4 is 0 Å². The second kappa shape index (κ2) is 5.65. The van der Waals surface area contributed by atoms with Crippen LogP contribution in [0.2, 0.25) is 10.0 Å². The van der Waals surface area contributed by atoms with E-state index in [4.69, 9.17) is 23.2 Å². The first-order valence-corrected chi connectivity index (χ1v) is 8.56. The molecular formula is C17H12Cl2N2S. The first-order chi connectivity index (χ1) is 10.7. The minimum Gasteiger partial charge on any atom is -0.317 e. The zero-order chi connectivity index (χ0) is 15.1. The van der Waals surface area contributed by atoms with E-state index in [9.17, 15) is 0 Å². The van der Waals surface area contributed by atoms with Gasteiger partial charge in [-0.05, 0) is 29.5 Å². The molecule has 0 N–H and O–H groups in total. The fourth-order valence-electron chi connectivity index (χ4n) is 2.70. The van der Waals surface area contributed by atoms with E-state index in [1.54, 1.807) is 11.8 Å². The van der Waals surface area contributed by atoms with Crippen LogP contribution in [0.25, 0.3) is 10.6 Å². The number of hydrogen-bond acceptors (Lipinski definition) is 3. The molecule has 2 aliphatic rings. The average molecular weight is 347 g/mol. The van der Waals surface area contributed by atoms with Crippen LogP contribution in [0.4, 0.5) is 0 Å². The molecule has 5 heteroatoms. The van der Waals surface area contributed by atoms with E-state index in [1.165, 1.54) is 16.2 Å². The first kappa shape index (κ1) is 14.2. The number of nitrogens with zero attached hydrogens (tertiary/aromatic N) is 2. The Morgan fingerprint density at radius 3 is 2.55 bits per heavy atom. The lowest BCUT2D eigenvalue weighted by Crippen LogP contribution is -2.19. The average Bonchev–Trinajstić information content (AvgIpc) is 3.11. The van der Waals surface area contributed by atoms with Crippen LogP contribution in [0, 0.1) is 0 Å². The molecule has 2 aliphatic heterocycles. The smallest absolute Gasteiger partial charge is 0.168 e. The van der Waals surface area contributed by atoms with Crippen LogP contribution in [0.3, 0.4) is 0 Å². The van der Waals surface area contributed by atoms with E-state index in [2.05, 4.69) is 34.2 Å². The maximum atomic E-state index is 6.22. The van der Waals surface area contributed by atoms with E-state index in [1.807, 2.05) is 24.3 Å². The third-order valence-corrected chi connectivity index (χ3v) is 5.61. The second-order valence-electron chi connectivity index (χ2n) is 5.09. The number of fused-ring (bicyclic) bond motifs is 1. The molecule has 0 saturated carbocycles. The molecule has 2 nitrogen and oxygen atoms in total. The monoisotopic (exact) mass is 346 g/mol. The van der Waals surface area contributed by atoms with Crippen molar-refractivity contribution in [3.8, 4) is 0 Å². The van der Waals surface area contributed by atoms with Crippen LogP contribution in [0.15, 0.2) is 53.5 Å². The van der Waals surface area contributed by atoms with Gasteiger partial charge in [-0.25, -0.2) is 0 Å². The van der Waals surface area contributed by atoms with Gasteiger partial charge in [0.2, 0.25) is 0 Å². The van der Waals surface area contributed by atoms with Crippen molar-refractivity contribution in [3.63, 3.8) is 0 Å². The topological polar surface area (TPSA) is 15.6 Å². The van der Waals surface area contributed by atoms with E-state index < -0.39 is 0 Å². The largest absolute Gasteiger partial charge is 0.317 e. The Labute approximate surface area is 143 Å². The van der Waals surface area contributed by atoms with Gasteiger partial charge in [-0.2, -0.15) is 0 Å². The molecule has 0 fully saturated rings. The van der Waals surface area contributed by atoms with Crippen molar-refractivity contribution >= 4 is 50.7 Å². The van der Waals surface area contributed by atoms with E-state index in [0.717, 1.165) is 23.8 Å². The van der Waals surface area contributed by atoms with Crippen molar-refractivity contribution in [2.75, 3.05) is 13.1 Å². The summed E-state index contributed by atoms with van der Waals surface area (Å²) in [6, 6.07) is 16.2. The van der Waals surface area contributed by atoms with Gasteiger partial charge >= 0.3 is 0 Å². The number of thioether (sulfide) groups is 1. The molecule has 4 rings (SSSR count). The molecule has 0 saturated heterocycles. The van der Waals surface area contributed by atoms with Gasteiger partial charge in [0.05, 0.1) is 22.3 Å². The lowest BCUT2D eigenvalue weighted by atomic mass is 10.1. The Balaban J connectivity index is 1.90. The third kappa shape index (κ3) is 2.34. The Hall–Kier alpha value is -1.42. The highest BCUT2D eigenvalue weighted by molar-refractivity contribution is 8.22. The van der Waals surface area contributed by atoms with Crippen LogP contribution in [-0.4, -0.2) is 23.2 Å². The molecule has 110 valence electrons. The SMILES string of the molecule is Clc1ccc(C2=C(c3ccccc3)SC3=NCCN32)cc1Cl. The highest BCUT2D eigenvalue weighted by Gasteiger charge is 2.33. The van der Waals surface area contributed by atoms with Gasteiger partial charge in [-0.1, -0.05) is 59.6 Å². The highest BCUT2D eigenvalue weighted by atomic mass is 35.5. The molecule has 0 atom stereocenters. The van der Waals surface area contributed by atoms with Crippen molar-refractivity contribution < 1.29 is 0 Å². The summed E-state index contributed by atoms with van der Waals surface area (Å²) in [6.07, 6.45) is 0. The predicted octanol–water partition coefficient (Wildman–Crippen LogP) is 5.24. The molecule has 0 amide bonds. The maximum absolute atomic E-state index is 6.22. The second-order valence-corrected chi connectivity index (χ2v) is 6.88. The Morgan fingerprint density at radius 2 is 1.77 bits per heavy atom. The molecule has 0 radical (unpaired) electrons. The summed E-state index contributed by atoms with van der Waals surface area (Å²) in [5.74, 6) is 0. The Bertz CT molecular complexity index is 800. The predicted molar refractivity (Wildman–Crippen MR) is 96.3 cm³/mol. The summed E-state index contributed by atoms with van der Waals surface area (Å²) < 4.78 is 0. The number of rotatable bonds is 2. The number of halogens is 2. The fraction of sp³-hybridized carbons (Fsp3) is 0.118. The summed E-state index contributed by atoms with van der Waals surface area (Å²) >= 11 is 14.0. The normalized spacial score (nSPS) is 17.0. The van der Waals surface area contributed by atoms with Gasteiger partial charge in [0.15, 0.2) is 5.17 Å². The molecule has 22 heavy (non-hydrogen) atoms. The van der Waals surface area contributed by atoms with E-state index in [0.29, 0.717) is 10.0 Å². The van der Waals surface area contributed by atoms with Gasteiger partial charge in [0.1, 0.15) is 0 Å². The number of aliphatic imine (C=N–C) groups is 1. The van der Waals surface area contributed by atoms with Crippen LogP contribution in [-0.2, 0) is 0 Å². The van der Waals surface area contributed by atoms with Gasteiger partial charge < -0.3 is 4.90 Å². The van der Waals surface area contributed by atoms with Crippen molar-refractivity contribution in [1.29, 1.82) is 0 Å². The van der Waals surface area contributed by atoms with Crippen molar-refractivity contribution in [2.45, 2.75) is 0 Å². The Morgan fingerprint density at radius 1 is 0.955 bits per heavy atom. The van der Waals surface area contributed by atoms with Gasteiger partial charge in [-0.3, -0.25) is 4.99 Å². The molecule has 2 heterocycles. The van der Waals surface area contributed by atoms with Crippen molar-refractivity contribution in [2.24, 2.45) is 4.99 Å². The molecule has 0 aromatic heterocycles. The standard InChI is InChI=1S/C17H12Cl2N2S/c18-13-7-6-12(10-14(13)19)15-16(11-4-2-1-3-5-11)22-17-20-8-9-21(15)17/h1-7,10H,8-9H2. The summed E-state index contributed by atoms with van der Waals surface area (Å²) in [5.41, 5.74) is 3.45. The first-order valence-electron chi connectivity index (χ1n) is 6.99. The van der Waals surface area contributed by atoms with E-state index in [-0.39, 0.29) is 0 Å². The van der Waals surface area contributed by atoms with E-state index >= 15 is 0 Å². The summed E-state index contributed by atoms with van der Waals surface area (Å²) in [7, 11) is 0. The number of benzene rings is 2. The zero-order valence-electron chi connectivity index (χ0n) is 11.6. The lowest BCUT2D eigenvalue weighted by Gasteiger charge is -2.18. The van der Waals surface area contributed by atoms with Gasteiger partial charge in [-0.15, -0.1) is 0 Å². The summed E-state index contributed by atoms with van der Waals surface area (Å²) in [4.78, 5) is 8.08. The van der Waals surface area contributed by atoms with Crippen LogP contribution >= 0.6 is 35.0 Å². The summed E-state index contributed by atoms with van der Waals surface area (Å²) in [5, 5.41) is 2.22. The molecule has 0 aliphatic carbocycles. The minimum absolute atomic E-state index is 0.577. The Kier molecular flexibility index (Phi) is 3.65. The van der Waals surface area contributed by atoms with Crippen molar-refractivity contribution in [1.82, 2.24) is 4.90 Å². The van der Waals surface area contributed by atoms with Crippen LogP contribution in [0.1, 0.15) is 11.1 Å². The zero-order valence-corrected chi connectivity index (χ0v) is 13.9. The molecular weight excluding hydrogens is 335 g/mol. The van der Waals surface area contributed by atoms with Gasteiger partial charge in [0.25, 0.3) is 0 Å². The maximum Gasteiger partial charge on any atom is 0.168 e. The summed E-state index contributed by atoms with van der Waals surface area (Å²) in [6.45, 7) is 1.75. The lowest BCUT2D eigenvalue weighted by molar-refractivity contribution is 0.651. The quantitative estimate of drug-likeness (QED) is 0.738. The van der Waals surface area contributed by atoms with Gasteiger partial charge in [0, 0.05) is 17.0 Å². The fourth-order valence-corrected chi connectivity index (χ4v) is 4.21.